The number of nitrogens with one attached hydrogen (secondary N) is 1. The quantitative estimate of drug-likeness (QED) is 0.615. The molecule has 0 bridgehead atoms. The first-order valence-electron chi connectivity index (χ1n) is 6.32. The molecule has 0 spiro atoms. The van der Waals surface area contributed by atoms with E-state index >= 15 is 0 Å². The van der Waals surface area contributed by atoms with E-state index in [4.69, 9.17) is 11.1 Å². The standard InChI is InChI=1S/C13H21N5/c1-9-8-10(2)17-12(16-9)18-6-4-13(3,5-7-18)11(14)15/h8H,4-7H2,1-3H3,(H3,14,15). The molecule has 1 aromatic heterocycles. The molecule has 0 aliphatic carbocycles. The van der Waals surface area contributed by atoms with Crippen molar-refractivity contribution >= 4 is 11.8 Å². The number of nitrogens with zero attached hydrogens (tertiary/aromatic N) is 3. The highest BCUT2D eigenvalue weighted by Crippen LogP contribution is 2.31. The van der Waals surface area contributed by atoms with E-state index in [1.807, 2.05) is 19.9 Å². The number of piperidine rings is 1. The maximum Gasteiger partial charge on any atom is 0.225 e. The van der Waals surface area contributed by atoms with Gasteiger partial charge in [0.15, 0.2) is 0 Å². The van der Waals surface area contributed by atoms with Gasteiger partial charge in [-0.1, -0.05) is 6.92 Å². The van der Waals surface area contributed by atoms with E-state index in [9.17, 15) is 0 Å². The Labute approximate surface area is 108 Å². The van der Waals surface area contributed by atoms with Crippen LogP contribution >= 0.6 is 0 Å². The maximum absolute atomic E-state index is 7.65. The van der Waals surface area contributed by atoms with Crippen LogP contribution in [0.15, 0.2) is 6.07 Å². The number of hydrogen-bond donors (Lipinski definition) is 2. The van der Waals surface area contributed by atoms with Crippen molar-refractivity contribution in [1.29, 1.82) is 5.41 Å². The van der Waals surface area contributed by atoms with Gasteiger partial charge in [0.2, 0.25) is 5.95 Å². The van der Waals surface area contributed by atoms with Gasteiger partial charge in [0.25, 0.3) is 0 Å². The number of amidine groups is 1. The summed E-state index contributed by atoms with van der Waals surface area (Å²) in [5.41, 5.74) is 7.51. The Morgan fingerprint density at radius 1 is 1.28 bits per heavy atom. The Bertz CT molecular complexity index is 440. The SMILES string of the molecule is Cc1cc(C)nc(N2CCC(C)(C(=N)N)CC2)n1. The van der Waals surface area contributed by atoms with E-state index in [0.717, 1.165) is 43.3 Å². The number of hydrogen-bond acceptors (Lipinski definition) is 4. The fourth-order valence-electron chi connectivity index (χ4n) is 2.32. The fraction of sp³-hybridized carbons (Fsp3) is 0.615. The van der Waals surface area contributed by atoms with Gasteiger partial charge in [0.05, 0.1) is 5.84 Å². The third-order valence-electron chi connectivity index (χ3n) is 3.77. The van der Waals surface area contributed by atoms with Crippen molar-refractivity contribution in [3.8, 4) is 0 Å². The van der Waals surface area contributed by atoms with Crippen LogP contribution in [0, 0.1) is 24.7 Å². The first-order chi connectivity index (χ1) is 8.40. The van der Waals surface area contributed by atoms with Gasteiger partial charge in [0, 0.05) is 29.9 Å². The molecule has 0 saturated carbocycles. The second-order valence-electron chi connectivity index (χ2n) is 5.41. The number of aryl methyl sites for hydroxylation is 2. The monoisotopic (exact) mass is 247 g/mol. The Morgan fingerprint density at radius 3 is 2.22 bits per heavy atom. The summed E-state index contributed by atoms with van der Waals surface area (Å²) in [6.45, 7) is 7.76. The molecular formula is C13H21N5. The minimum atomic E-state index is -0.157. The summed E-state index contributed by atoms with van der Waals surface area (Å²) >= 11 is 0. The summed E-state index contributed by atoms with van der Waals surface area (Å²) in [5.74, 6) is 1.10. The average Bonchev–Trinajstić information content (AvgIpc) is 2.28. The minimum absolute atomic E-state index is 0.157. The predicted molar refractivity (Wildman–Crippen MR) is 73.0 cm³/mol. The molecule has 0 aromatic carbocycles. The molecule has 18 heavy (non-hydrogen) atoms. The van der Waals surface area contributed by atoms with E-state index in [-0.39, 0.29) is 5.41 Å². The lowest BCUT2D eigenvalue weighted by Gasteiger charge is -2.38. The van der Waals surface area contributed by atoms with Gasteiger partial charge in [-0.3, -0.25) is 5.41 Å². The molecule has 5 nitrogen and oxygen atoms in total. The molecule has 2 heterocycles. The molecule has 5 heteroatoms. The van der Waals surface area contributed by atoms with Crippen molar-refractivity contribution in [2.24, 2.45) is 11.1 Å². The van der Waals surface area contributed by atoms with E-state index in [0.29, 0.717) is 5.84 Å². The summed E-state index contributed by atoms with van der Waals surface area (Å²) in [6.07, 6.45) is 1.78. The van der Waals surface area contributed by atoms with E-state index in [1.54, 1.807) is 0 Å². The van der Waals surface area contributed by atoms with Crippen LogP contribution in [0.4, 0.5) is 5.95 Å². The van der Waals surface area contributed by atoms with Crippen LogP contribution in [0.5, 0.6) is 0 Å². The van der Waals surface area contributed by atoms with Crippen LogP contribution in [-0.4, -0.2) is 28.9 Å². The van der Waals surface area contributed by atoms with Crippen molar-refractivity contribution in [2.75, 3.05) is 18.0 Å². The number of rotatable bonds is 2. The normalized spacial score (nSPS) is 18.7. The highest BCUT2D eigenvalue weighted by Gasteiger charge is 2.33. The van der Waals surface area contributed by atoms with Gasteiger partial charge in [-0.2, -0.15) is 0 Å². The maximum atomic E-state index is 7.65. The van der Waals surface area contributed by atoms with Crippen LogP contribution < -0.4 is 10.6 Å². The summed E-state index contributed by atoms with van der Waals surface area (Å²) < 4.78 is 0. The molecular weight excluding hydrogens is 226 g/mol. The largest absolute Gasteiger partial charge is 0.387 e. The molecule has 1 fully saturated rings. The van der Waals surface area contributed by atoms with Gasteiger partial charge >= 0.3 is 0 Å². The Balaban J connectivity index is 2.12. The second-order valence-corrected chi connectivity index (χ2v) is 5.41. The third-order valence-corrected chi connectivity index (χ3v) is 3.77. The Kier molecular flexibility index (Phi) is 3.24. The lowest BCUT2D eigenvalue weighted by atomic mass is 9.79. The lowest BCUT2D eigenvalue weighted by molar-refractivity contribution is 0.348. The molecule has 1 aromatic rings. The highest BCUT2D eigenvalue weighted by molar-refractivity contribution is 5.83. The zero-order valence-corrected chi connectivity index (χ0v) is 11.3. The van der Waals surface area contributed by atoms with Crippen molar-refractivity contribution < 1.29 is 0 Å². The number of aromatic nitrogens is 2. The van der Waals surface area contributed by atoms with Gasteiger partial charge in [-0.15, -0.1) is 0 Å². The number of anilines is 1. The van der Waals surface area contributed by atoms with E-state index in [1.165, 1.54) is 0 Å². The minimum Gasteiger partial charge on any atom is -0.387 e. The average molecular weight is 247 g/mol. The summed E-state index contributed by atoms with van der Waals surface area (Å²) in [4.78, 5) is 11.1. The molecule has 0 amide bonds. The Morgan fingerprint density at radius 2 is 1.78 bits per heavy atom. The molecule has 98 valence electrons. The van der Waals surface area contributed by atoms with E-state index < -0.39 is 0 Å². The zero-order valence-electron chi connectivity index (χ0n) is 11.3. The van der Waals surface area contributed by atoms with Gasteiger partial charge in [0.1, 0.15) is 0 Å². The van der Waals surface area contributed by atoms with Gasteiger partial charge in [-0.25, -0.2) is 9.97 Å². The molecule has 2 rings (SSSR count). The molecule has 0 atom stereocenters. The first kappa shape index (κ1) is 12.8. The van der Waals surface area contributed by atoms with E-state index in [2.05, 4.69) is 21.8 Å². The van der Waals surface area contributed by atoms with Crippen molar-refractivity contribution in [1.82, 2.24) is 9.97 Å². The van der Waals surface area contributed by atoms with Crippen molar-refractivity contribution in [2.45, 2.75) is 33.6 Å². The zero-order chi connectivity index (χ0) is 13.3. The van der Waals surface area contributed by atoms with Crippen LogP contribution in [0.25, 0.3) is 0 Å². The van der Waals surface area contributed by atoms with Crippen LogP contribution in [0.1, 0.15) is 31.2 Å². The molecule has 1 aliphatic rings. The highest BCUT2D eigenvalue weighted by atomic mass is 15.3. The molecule has 0 radical (unpaired) electrons. The van der Waals surface area contributed by atoms with Crippen molar-refractivity contribution in [3.63, 3.8) is 0 Å². The van der Waals surface area contributed by atoms with Crippen LogP contribution in [0.2, 0.25) is 0 Å². The van der Waals surface area contributed by atoms with Crippen LogP contribution in [0.3, 0.4) is 0 Å². The summed E-state index contributed by atoms with van der Waals surface area (Å²) in [7, 11) is 0. The molecule has 1 saturated heterocycles. The van der Waals surface area contributed by atoms with Gasteiger partial charge < -0.3 is 10.6 Å². The molecule has 1 aliphatic heterocycles. The van der Waals surface area contributed by atoms with Crippen LogP contribution in [-0.2, 0) is 0 Å². The third kappa shape index (κ3) is 2.44. The fourth-order valence-corrected chi connectivity index (χ4v) is 2.32. The smallest absolute Gasteiger partial charge is 0.225 e. The predicted octanol–water partition coefficient (Wildman–Crippen LogP) is 1.64. The lowest BCUT2D eigenvalue weighted by Crippen LogP contribution is -2.45. The topological polar surface area (TPSA) is 78.9 Å². The molecule has 3 N–H and O–H groups in total. The number of nitrogens with two attached hydrogens (primary N) is 1. The van der Waals surface area contributed by atoms with Gasteiger partial charge in [-0.05, 0) is 32.8 Å². The second kappa shape index (κ2) is 4.55. The summed E-state index contributed by atoms with van der Waals surface area (Å²) in [5, 5.41) is 7.65. The first-order valence-corrected chi connectivity index (χ1v) is 6.32. The Hall–Kier alpha value is -1.65. The molecule has 0 unspecified atom stereocenters. The van der Waals surface area contributed by atoms with Crippen molar-refractivity contribution in [3.05, 3.63) is 17.5 Å². The summed E-state index contributed by atoms with van der Waals surface area (Å²) in [6, 6.07) is 1.98.